The summed E-state index contributed by atoms with van der Waals surface area (Å²) < 4.78 is 14.0. The molecule has 0 aromatic carbocycles. The topological polar surface area (TPSA) is 117 Å². The van der Waals surface area contributed by atoms with Gasteiger partial charge in [0, 0.05) is 6.08 Å². The van der Waals surface area contributed by atoms with Crippen LogP contribution in [0.4, 0.5) is 0 Å². The minimum Gasteiger partial charge on any atom is -0.471 e. The van der Waals surface area contributed by atoms with Gasteiger partial charge in [0.2, 0.25) is 0 Å². The van der Waals surface area contributed by atoms with Gasteiger partial charge in [-0.2, -0.15) is 0 Å². The minimum atomic E-state index is -0.603. The molecule has 0 fully saturated rings. The van der Waals surface area contributed by atoms with Crippen LogP contribution in [0.25, 0.3) is 0 Å². The predicted molar refractivity (Wildman–Crippen MR) is 108 cm³/mol. The molecule has 0 saturated carbocycles. The second kappa shape index (κ2) is 22.6. The largest absolute Gasteiger partial charge is 0.471 e. The average molecular weight is 397 g/mol. The molecular weight excluding hydrogens is 364 g/mol. The number of thiocarbonyl (C=S) groups is 2. The molecule has 148 valence electrons. The Balaban J connectivity index is -0.000000291. The zero-order valence-electron chi connectivity index (χ0n) is 15.4. The van der Waals surface area contributed by atoms with E-state index in [0.29, 0.717) is 13.2 Å². The van der Waals surface area contributed by atoms with Crippen molar-refractivity contribution in [1.82, 2.24) is 0 Å². The highest BCUT2D eigenvalue weighted by atomic mass is 32.1. The standard InChI is InChI=1S/C6H10O3.2C5H11NOS/c1-3-6(8)9-4-5(2)7;2*1-2-3-4-7-5(6)8/h3,5,7H,1,4H2,2H3;2*2-4H2,1H3,(H2,6,8). The summed E-state index contributed by atoms with van der Waals surface area (Å²) in [6.45, 7) is 10.2. The molecule has 7 nitrogen and oxygen atoms in total. The lowest BCUT2D eigenvalue weighted by molar-refractivity contribution is -0.140. The lowest BCUT2D eigenvalue weighted by atomic mass is 10.4. The molecule has 0 aromatic rings. The third kappa shape index (κ3) is 39.4. The molecule has 0 spiro atoms. The highest BCUT2D eigenvalue weighted by molar-refractivity contribution is 7.80. The Morgan fingerprint density at radius 2 is 1.48 bits per heavy atom. The predicted octanol–water partition coefficient (Wildman–Crippen LogP) is 2.19. The Hall–Kier alpha value is -1.45. The lowest BCUT2D eigenvalue weighted by Crippen LogP contribution is -2.13. The summed E-state index contributed by atoms with van der Waals surface area (Å²) in [6, 6.07) is 0. The summed E-state index contributed by atoms with van der Waals surface area (Å²) in [4.78, 5) is 10.3. The van der Waals surface area contributed by atoms with Gasteiger partial charge in [0.15, 0.2) is 0 Å². The van der Waals surface area contributed by atoms with E-state index >= 15 is 0 Å². The number of aliphatic hydroxyl groups is 1. The summed E-state index contributed by atoms with van der Waals surface area (Å²) in [5, 5.41) is 8.89. The van der Waals surface area contributed by atoms with Crippen LogP contribution in [0.3, 0.4) is 0 Å². The van der Waals surface area contributed by atoms with Crippen molar-refractivity contribution in [2.24, 2.45) is 11.5 Å². The Labute approximate surface area is 161 Å². The van der Waals surface area contributed by atoms with Crippen LogP contribution >= 0.6 is 24.4 Å². The number of unbranched alkanes of at least 4 members (excludes halogenated alkanes) is 2. The number of rotatable bonds is 9. The molecule has 0 rings (SSSR count). The second-order valence-electron chi connectivity index (χ2n) is 4.73. The molecule has 0 aliphatic rings. The third-order valence-electron chi connectivity index (χ3n) is 2.12. The SMILES string of the molecule is C=CC(=O)OCC(C)O.CCCCOC(N)=S.CCCCOC(N)=S. The van der Waals surface area contributed by atoms with E-state index < -0.39 is 12.1 Å². The lowest BCUT2D eigenvalue weighted by Gasteiger charge is -2.02. The van der Waals surface area contributed by atoms with E-state index in [-0.39, 0.29) is 17.0 Å². The van der Waals surface area contributed by atoms with Gasteiger partial charge in [-0.25, -0.2) is 4.79 Å². The van der Waals surface area contributed by atoms with Gasteiger partial charge >= 0.3 is 5.97 Å². The molecule has 0 aliphatic carbocycles. The van der Waals surface area contributed by atoms with Crippen molar-refractivity contribution in [3.63, 3.8) is 0 Å². The molecule has 25 heavy (non-hydrogen) atoms. The molecular formula is C16H32N2O5S2. The van der Waals surface area contributed by atoms with Crippen LogP contribution in [0.2, 0.25) is 0 Å². The minimum absolute atomic E-state index is 0.0326. The summed E-state index contributed by atoms with van der Waals surface area (Å²) in [6.07, 6.45) is 4.73. The van der Waals surface area contributed by atoms with Gasteiger partial charge in [-0.15, -0.1) is 0 Å². The molecule has 1 atom stereocenters. The first-order valence-electron chi connectivity index (χ1n) is 8.02. The molecule has 0 heterocycles. The second-order valence-corrected chi connectivity index (χ2v) is 5.53. The smallest absolute Gasteiger partial charge is 0.330 e. The molecule has 5 N–H and O–H groups in total. The molecule has 0 aromatic heterocycles. The van der Waals surface area contributed by atoms with E-state index in [1.54, 1.807) is 0 Å². The molecule has 0 aliphatic heterocycles. The summed E-state index contributed by atoms with van der Waals surface area (Å²) >= 11 is 8.93. The Kier molecular flexibility index (Phi) is 25.6. The first-order valence-corrected chi connectivity index (χ1v) is 8.84. The van der Waals surface area contributed by atoms with Crippen molar-refractivity contribution in [2.45, 2.75) is 52.6 Å². The van der Waals surface area contributed by atoms with Crippen molar-refractivity contribution in [3.8, 4) is 0 Å². The Morgan fingerprint density at radius 3 is 1.72 bits per heavy atom. The van der Waals surface area contributed by atoms with Gasteiger partial charge in [-0.05, 0) is 44.2 Å². The fourth-order valence-electron chi connectivity index (χ4n) is 0.896. The fourth-order valence-corrected chi connectivity index (χ4v) is 1.06. The number of hydrogen-bond acceptors (Lipinski definition) is 7. The molecule has 0 amide bonds. The third-order valence-corrected chi connectivity index (χ3v) is 2.35. The van der Waals surface area contributed by atoms with Crippen molar-refractivity contribution in [3.05, 3.63) is 12.7 Å². The normalized spacial score (nSPS) is 9.92. The zero-order valence-corrected chi connectivity index (χ0v) is 17.0. The van der Waals surface area contributed by atoms with Gasteiger partial charge < -0.3 is 30.8 Å². The maximum atomic E-state index is 10.3. The maximum Gasteiger partial charge on any atom is 0.330 e. The van der Waals surface area contributed by atoms with Crippen molar-refractivity contribution in [2.75, 3.05) is 19.8 Å². The number of nitrogens with two attached hydrogens (primary N) is 2. The van der Waals surface area contributed by atoms with E-state index in [4.69, 9.17) is 26.0 Å². The average Bonchev–Trinajstić information content (AvgIpc) is 2.53. The number of carbonyl (C=O) groups is 1. The van der Waals surface area contributed by atoms with Crippen molar-refractivity contribution < 1.29 is 24.1 Å². The van der Waals surface area contributed by atoms with Crippen LogP contribution in [0.15, 0.2) is 12.7 Å². The summed E-state index contributed by atoms with van der Waals surface area (Å²) in [5.41, 5.74) is 10.1. The molecule has 9 heteroatoms. The number of hydrogen-bond donors (Lipinski definition) is 3. The summed E-state index contributed by atoms with van der Waals surface area (Å²) in [5.74, 6) is -0.504. The van der Waals surface area contributed by atoms with Gasteiger partial charge in [-0.1, -0.05) is 33.3 Å². The molecule has 0 bridgehead atoms. The zero-order chi connectivity index (χ0) is 20.1. The van der Waals surface area contributed by atoms with Crippen LogP contribution in [-0.4, -0.2) is 47.3 Å². The van der Waals surface area contributed by atoms with Gasteiger partial charge in [0.25, 0.3) is 10.3 Å². The molecule has 0 saturated heterocycles. The van der Waals surface area contributed by atoms with E-state index in [0.717, 1.165) is 31.8 Å². The number of esters is 1. The quantitative estimate of drug-likeness (QED) is 0.233. The monoisotopic (exact) mass is 396 g/mol. The van der Waals surface area contributed by atoms with E-state index in [1.165, 1.54) is 6.92 Å². The van der Waals surface area contributed by atoms with E-state index in [9.17, 15) is 4.79 Å². The van der Waals surface area contributed by atoms with Gasteiger partial charge in [0.05, 0.1) is 19.3 Å². The van der Waals surface area contributed by atoms with Crippen LogP contribution in [0.1, 0.15) is 46.5 Å². The van der Waals surface area contributed by atoms with E-state index in [2.05, 4.69) is 49.6 Å². The highest BCUT2D eigenvalue weighted by Crippen LogP contribution is 1.87. The van der Waals surface area contributed by atoms with Gasteiger partial charge in [0.1, 0.15) is 6.61 Å². The summed E-state index contributed by atoms with van der Waals surface area (Å²) in [7, 11) is 0. The fraction of sp³-hybridized carbons (Fsp3) is 0.688. The molecule has 1 unspecified atom stereocenters. The Bertz CT molecular complexity index is 346. The first-order chi connectivity index (χ1) is 11.7. The van der Waals surface area contributed by atoms with Crippen LogP contribution in [0, 0.1) is 0 Å². The van der Waals surface area contributed by atoms with Crippen molar-refractivity contribution in [1.29, 1.82) is 0 Å². The van der Waals surface area contributed by atoms with Crippen LogP contribution in [0.5, 0.6) is 0 Å². The number of aliphatic hydroxyl groups excluding tert-OH is 1. The van der Waals surface area contributed by atoms with E-state index in [1.807, 2.05) is 0 Å². The van der Waals surface area contributed by atoms with Crippen molar-refractivity contribution >= 4 is 40.8 Å². The van der Waals surface area contributed by atoms with Crippen LogP contribution < -0.4 is 11.5 Å². The highest BCUT2D eigenvalue weighted by Gasteiger charge is 1.98. The molecule has 0 radical (unpaired) electrons. The number of carbonyl (C=O) groups excluding carboxylic acids is 1. The van der Waals surface area contributed by atoms with Gasteiger partial charge in [-0.3, -0.25) is 0 Å². The maximum absolute atomic E-state index is 10.3. The Morgan fingerprint density at radius 1 is 1.08 bits per heavy atom. The number of ether oxygens (including phenoxy) is 3. The first kappa shape index (κ1) is 28.4. The van der Waals surface area contributed by atoms with Crippen LogP contribution in [-0.2, 0) is 19.0 Å².